The van der Waals surface area contributed by atoms with E-state index in [1.807, 2.05) is 0 Å². The van der Waals surface area contributed by atoms with Gasteiger partial charge < -0.3 is 10.6 Å². The molecule has 0 heterocycles. The molecule has 18 heavy (non-hydrogen) atoms. The van der Waals surface area contributed by atoms with Gasteiger partial charge in [0.1, 0.15) is 6.67 Å². The van der Waals surface area contributed by atoms with Crippen LogP contribution in [0.3, 0.4) is 0 Å². The molecule has 0 atom stereocenters. The fourth-order valence-corrected chi connectivity index (χ4v) is 2.21. The molecule has 0 bridgehead atoms. The molecule has 1 aromatic carbocycles. The molecule has 0 saturated carbocycles. The van der Waals surface area contributed by atoms with Gasteiger partial charge in [-0.15, -0.1) is 0 Å². The van der Waals surface area contributed by atoms with Crippen LogP contribution in [-0.4, -0.2) is 20.8 Å². The summed E-state index contributed by atoms with van der Waals surface area (Å²) in [7, 11) is 4.13. The molecule has 0 aliphatic rings. The maximum atomic E-state index is 5.36. The Balaban J connectivity index is 0.00000289. The average Bonchev–Trinajstić information content (AvgIpc) is 2.26. The minimum absolute atomic E-state index is 0. The number of nitrogens with two attached hydrogens (primary N) is 1. The van der Waals surface area contributed by atoms with Gasteiger partial charge in [-0.1, -0.05) is 0 Å². The van der Waals surface area contributed by atoms with Gasteiger partial charge in [-0.3, -0.25) is 0 Å². The normalized spacial score (nSPS) is 10.6. The first-order valence-electron chi connectivity index (χ1n) is 5.77. The maximum absolute atomic E-state index is 5.36. The molecule has 100 valence electrons. The molecule has 0 unspecified atom stereocenters. The number of hydrogen-bond acceptors (Lipinski definition) is 4. The Kier molecular flexibility index (Phi) is 6.72. The van der Waals surface area contributed by atoms with Gasteiger partial charge in [-0.2, -0.15) is 10.2 Å². The van der Waals surface area contributed by atoms with Gasteiger partial charge in [0, 0.05) is 40.8 Å². The fraction of sp³-hybridized carbons (Fsp3) is 0.538. The summed E-state index contributed by atoms with van der Waals surface area (Å²) in [4.78, 5) is 2.15. The van der Waals surface area contributed by atoms with E-state index >= 15 is 0 Å². The van der Waals surface area contributed by atoms with E-state index in [0.717, 1.165) is 5.69 Å². The first-order chi connectivity index (χ1) is 7.91. The van der Waals surface area contributed by atoms with Crippen LogP contribution in [0.2, 0.25) is 0 Å². The molecule has 5 heteroatoms. The van der Waals surface area contributed by atoms with Crippen molar-refractivity contribution in [1.29, 1.82) is 0 Å². The summed E-state index contributed by atoms with van der Waals surface area (Å²) < 4.78 is 0. The molecule has 0 spiro atoms. The Morgan fingerprint density at radius 3 is 1.72 bits per heavy atom. The zero-order valence-corrected chi connectivity index (χ0v) is 15.0. The minimum Gasteiger partial charge on any atom is -0.377 e. The van der Waals surface area contributed by atoms with Crippen LogP contribution in [-0.2, 0) is 21.1 Å². The van der Waals surface area contributed by atoms with Gasteiger partial charge in [-0.25, -0.2) is 0 Å². The summed E-state index contributed by atoms with van der Waals surface area (Å²) in [5.41, 5.74) is 12.4. The van der Waals surface area contributed by atoms with E-state index < -0.39 is 0 Å². The van der Waals surface area contributed by atoms with E-state index in [4.69, 9.17) is 5.73 Å². The van der Waals surface area contributed by atoms with Gasteiger partial charge in [0.25, 0.3) is 0 Å². The summed E-state index contributed by atoms with van der Waals surface area (Å²) in [5.74, 6) is 0. The van der Waals surface area contributed by atoms with Crippen LogP contribution in [0.15, 0.2) is 10.2 Å². The summed E-state index contributed by atoms with van der Waals surface area (Å²) in [5, 5.41) is 8.14. The van der Waals surface area contributed by atoms with E-state index in [2.05, 4.69) is 56.9 Å². The SMILES string of the molecule is Cc1c(C)c(N(C)C)c(C)c(C)c1N=NCN.[W]. The second-order valence-electron chi connectivity index (χ2n) is 4.52. The first kappa shape index (κ1) is 17.3. The molecule has 0 fully saturated rings. The second kappa shape index (κ2) is 7.00. The molecular weight excluding hydrogens is 396 g/mol. The molecule has 0 aliphatic carbocycles. The largest absolute Gasteiger partial charge is 0.377 e. The molecule has 1 aromatic rings. The minimum atomic E-state index is 0. The van der Waals surface area contributed by atoms with Crippen molar-refractivity contribution < 1.29 is 21.1 Å². The molecule has 0 aliphatic heterocycles. The van der Waals surface area contributed by atoms with Crippen LogP contribution in [0.5, 0.6) is 0 Å². The summed E-state index contributed by atoms with van der Waals surface area (Å²) in [6.07, 6.45) is 0. The Morgan fingerprint density at radius 1 is 0.944 bits per heavy atom. The predicted octanol–water partition coefficient (Wildman–Crippen LogP) is 2.98. The third-order valence-corrected chi connectivity index (χ3v) is 3.25. The van der Waals surface area contributed by atoms with Gasteiger partial charge in [0.15, 0.2) is 0 Å². The second-order valence-corrected chi connectivity index (χ2v) is 4.52. The molecule has 0 saturated heterocycles. The number of benzene rings is 1. The number of anilines is 1. The predicted molar refractivity (Wildman–Crippen MR) is 73.3 cm³/mol. The Hall–Kier alpha value is -0.732. The third-order valence-electron chi connectivity index (χ3n) is 3.25. The van der Waals surface area contributed by atoms with E-state index in [-0.39, 0.29) is 27.7 Å². The van der Waals surface area contributed by atoms with Crippen LogP contribution in [0.25, 0.3) is 0 Å². The quantitative estimate of drug-likeness (QED) is 0.768. The first-order valence-corrected chi connectivity index (χ1v) is 5.77. The molecule has 4 nitrogen and oxygen atoms in total. The van der Waals surface area contributed by atoms with Crippen LogP contribution >= 0.6 is 0 Å². The van der Waals surface area contributed by atoms with Crippen LogP contribution in [0.4, 0.5) is 11.4 Å². The monoisotopic (exact) mass is 418 g/mol. The van der Waals surface area contributed by atoms with Crippen molar-refractivity contribution in [3.63, 3.8) is 0 Å². The van der Waals surface area contributed by atoms with Gasteiger partial charge in [0.05, 0.1) is 5.69 Å². The van der Waals surface area contributed by atoms with Crippen molar-refractivity contribution in [3.8, 4) is 0 Å². The van der Waals surface area contributed by atoms with Crippen LogP contribution < -0.4 is 10.6 Å². The Labute approximate surface area is 124 Å². The van der Waals surface area contributed by atoms with Gasteiger partial charge in [0.2, 0.25) is 0 Å². The van der Waals surface area contributed by atoms with Crippen molar-refractivity contribution in [1.82, 2.24) is 0 Å². The third kappa shape index (κ3) is 3.18. The molecule has 0 radical (unpaired) electrons. The maximum Gasteiger partial charge on any atom is 0.108 e. The van der Waals surface area contributed by atoms with E-state index in [1.54, 1.807) is 0 Å². The number of azo groups is 1. The molecule has 0 aromatic heterocycles. The molecule has 2 N–H and O–H groups in total. The van der Waals surface area contributed by atoms with Crippen molar-refractivity contribution in [2.24, 2.45) is 16.0 Å². The standard InChI is InChI=1S/C13H22N4.W/c1-8-10(3)13(17(5)6)11(4)9(2)12(8)16-15-7-14;/h7,14H2,1-6H3;. The zero-order chi connectivity index (χ0) is 13.2. The summed E-state index contributed by atoms with van der Waals surface area (Å²) in [6.45, 7) is 8.64. The fourth-order valence-electron chi connectivity index (χ4n) is 2.21. The smallest absolute Gasteiger partial charge is 0.108 e. The van der Waals surface area contributed by atoms with Gasteiger partial charge in [-0.05, 0) is 49.9 Å². The van der Waals surface area contributed by atoms with Crippen LogP contribution in [0, 0.1) is 27.7 Å². The van der Waals surface area contributed by atoms with E-state index in [1.165, 1.54) is 27.9 Å². The van der Waals surface area contributed by atoms with Crippen molar-refractivity contribution in [2.45, 2.75) is 27.7 Å². The molecule has 1 rings (SSSR count). The summed E-state index contributed by atoms with van der Waals surface area (Å²) >= 11 is 0. The topological polar surface area (TPSA) is 54.0 Å². The van der Waals surface area contributed by atoms with Crippen molar-refractivity contribution >= 4 is 11.4 Å². The van der Waals surface area contributed by atoms with Crippen molar-refractivity contribution in [2.75, 3.05) is 25.7 Å². The Morgan fingerprint density at radius 2 is 1.39 bits per heavy atom. The van der Waals surface area contributed by atoms with E-state index in [0.29, 0.717) is 0 Å². The van der Waals surface area contributed by atoms with Gasteiger partial charge >= 0.3 is 0 Å². The van der Waals surface area contributed by atoms with E-state index in [9.17, 15) is 0 Å². The Bertz CT molecular complexity index is 424. The average molecular weight is 418 g/mol. The summed E-state index contributed by atoms with van der Waals surface area (Å²) in [6, 6.07) is 0. The number of hydrogen-bond donors (Lipinski definition) is 1. The number of rotatable bonds is 3. The van der Waals surface area contributed by atoms with Crippen molar-refractivity contribution in [3.05, 3.63) is 22.3 Å². The zero-order valence-electron chi connectivity index (χ0n) is 12.0. The number of nitrogens with zero attached hydrogens (tertiary/aromatic N) is 3. The molecule has 0 amide bonds. The molecular formula is C13H22N4W. The van der Waals surface area contributed by atoms with Crippen LogP contribution in [0.1, 0.15) is 22.3 Å².